The van der Waals surface area contributed by atoms with Crippen molar-refractivity contribution in [3.63, 3.8) is 0 Å². The van der Waals surface area contributed by atoms with Gasteiger partial charge in [-0.3, -0.25) is 9.69 Å². The van der Waals surface area contributed by atoms with E-state index in [0.717, 1.165) is 58.4 Å². The summed E-state index contributed by atoms with van der Waals surface area (Å²) in [5, 5.41) is 12.1. The molecule has 0 aromatic rings. The predicted octanol–water partition coefficient (Wildman–Crippen LogP) is 1.13. The monoisotopic (exact) mass is 404 g/mol. The maximum atomic E-state index is 10.7. The van der Waals surface area contributed by atoms with E-state index in [1.165, 1.54) is 0 Å². The molecule has 0 aliphatic heterocycles. The summed E-state index contributed by atoms with van der Waals surface area (Å²) in [6.07, 6.45) is 3.92. The van der Waals surface area contributed by atoms with Crippen LogP contribution in [-0.4, -0.2) is 61.8 Å². The molecule has 0 spiro atoms. The van der Waals surface area contributed by atoms with Crippen LogP contribution in [0.4, 0.5) is 0 Å². The van der Waals surface area contributed by atoms with Crippen LogP contribution in [-0.2, 0) is 4.79 Å². The number of carboxylic acids is 1. The fourth-order valence-corrected chi connectivity index (χ4v) is 1.71. The van der Waals surface area contributed by atoms with Gasteiger partial charge >= 0.3 is 5.97 Å². The Bertz CT molecular complexity index is 218. The lowest BCUT2D eigenvalue weighted by Crippen LogP contribution is -2.33. The van der Waals surface area contributed by atoms with Gasteiger partial charge in [0.25, 0.3) is 0 Å². The largest absolute Gasteiger partial charge is 0.480 e. The zero-order valence-corrected chi connectivity index (χ0v) is 16.1. The van der Waals surface area contributed by atoms with Crippen molar-refractivity contribution in [3.05, 3.63) is 0 Å². The van der Waals surface area contributed by atoms with Gasteiger partial charge < -0.3 is 21.9 Å². The molecule has 0 saturated heterocycles. The van der Waals surface area contributed by atoms with Gasteiger partial charge in [0.2, 0.25) is 0 Å². The van der Waals surface area contributed by atoms with E-state index in [1.807, 2.05) is 4.90 Å². The first kappa shape index (κ1) is 33.9. The molecular weight excluding hydrogens is 374 g/mol. The number of halogens is 4. The van der Waals surface area contributed by atoms with E-state index in [1.54, 1.807) is 0 Å². The van der Waals surface area contributed by atoms with E-state index in [4.69, 9.17) is 16.6 Å². The second-order valence-corrected chi connectivity index (χ2v) is 4.41. The van der Waals surface area contributed by atoms with Crippen LogP contribution in [0.1, 0.15) is 25.7 Å². The van der Waals surface area contributed by atoms with Crippen molar-refractivity contribution in [3.8, 4) is 0 Å². The van der Waals surface area contributed by atoms with E-state index in [-0.39, 0.29) is 56.2 Å². The van der Waals surface area contributed by atoms with E-state index in [9.17, 15) is 4.79 Å². The van der Waals surface area contributed by atoms with Gasteiger partial charge in [-0.25, -0.2) is 0 Å². The lowest BCUT2D eigenvalue weighted by atomic mass is 10.2. The summed E-state index contributed by atoms with van der Waals surface area (Å²) in [6, 6.07) is 0. The number of rotatable bonds is 13. The number of nitrogens with two attached hydrogens (primary N) is 2. The number of nitrogens with zero attached hydrogens (tertiary/aromatic N) is 1. The minimum Gasteiger partial charge on any atom is -0.480 e. The van der Waals surface area contributed by atoms with Gasteiger partial charge in [-0.15, -0.1) is 49.6 Å². The number of hydrogen-bond acceptors (Lipinski definition) is 5. The molecular formula is C12H32Cl4N4O2. The van der Waals surface area contributed by atoms with Crippen molar-refractivity contribution in [2.45, 2.75) is 25.7 Å². The third-order valence-electron chi connectivity index (χ3n) is 2.67. The summed E-state index contributed by atoms with van der Waals surface area (Å²) in [7, 11) is 0. The Morgan fingerprint density at radius 1 is 0.864 bits per heavy atom. The zero-order chi connectivity index (χ0) is 13.6. The van der Waals surface area contributed by atoms with Crippen molar-refractivity contribution in [2.24, 2.45) is 11.5 Å². The summed E-state index contributed by atoms with van der Waals surface area (Å²) in [5.41, 5.74) is 10.8. The molecule has 6 N–H and O–H groups in total. The molecule has 0 bridgehead atoms. The Morgan fingerprint density at radius 3 is 1.86 bits per heavy atom. The zero-order valence-electron chi connectivity index (χ0n) is 12.9. The predicted molar refractivity (Wildman–Crippen MR) is 103 cm³/mol. The number of nitrogens with one attached hydrogen (secondary N) is 1. The van der Waals surface area contributed by atoms with Crippen molar-refractivity contribution >= 4 is 55.6 Å². The van der Waals surface area contributed by atoms with Crippen molar-refractivity contribution < 1.29 is 9.90 Å². The normalized spacial score (nSPS) is 9.05. The van der Waals surface area contributed by atoms with Crippen LogP contribution in [0.3, 0.4) is 0 Å². The van der Waals surface area contributed by atoms with Crippen LogP contribution in [0.25, 0.3) is 0 Å². The van der Waals surface area contributed by atoms with Gasteiger partial charge in [0.05, 0.1) is 6.54 Å². The molecule has 0 unspecified atom stereocenters. The number of aliphatic carboxylic acids is 1. The Hall–Kier alpha value is 0.470. The molecule has 10 heteroatoms. The number of carboxylic acid groups (broad SMARTS) is 1. The van der Waals surface area contributed by atoms with Crippen molar-refractivity contribution in [1.29, 1.82) is 0 Å². The minimum atomic E-state index is -0.770. The van der Waals surface area contributed by atoms with Gasteiger partial charge in [0.1, 0.15) is 0 Å². The highest BCUT2D eigenvalue weighted by Crippen LogP contribution is 1.96. The van der Waals surface area contributed by atoms with Crippen LogP contribution in [0, 0.1) is 0 Å². The molecule has 0 aromatic heterocycles. The van der Waals surface area contributed by atoms with E-state index in [0.29, 0.717) is 6.54 Å². The lowest BCUT2D eigenvalue weighted by molar-refractivity contribution is -0.138. The summed E-state index contributed by atoms with van der Waals surface area (Å²) >= 11 is 0. The van der Waals surface area contributed by atoms with Crippen LogP contribution >= 0.6 is 49.6 Å². The molecule has 140 valence electrons. The first-order valence-electron chi connectivity index (χ1n) is 6.75. The maximum Gasteiger partial charge on any atom is 0.317 e. The second kappa shape index (κ2) is 26.4. The third-order valence-corrected chi connectivity index (χ3v) is 2.67. The molecule has 6 nitrogen and oxygen atoms in total. The maximum absolute atomic E-state index is 10.7. The lowest BCUT2D eigenvalue weighted by Gasteiger charge is -2.19. The quantitative estimate of drug-likeness (QED) is 0.342. The van der Waals surface area contributed by atoms with Crippen LogP contribution < -0.4 is 16.8 Å². The molecule has 22 heavy (non-hydrogen) atoms. The van der Waals surface area contributed by atoms with Gasteiger partial charge in [-0.2, -0.15) is 0 Å². The third kappa shape index (κ3) is 25.4. The summed E-state index contributed by atoms with van der Waals surface area (Å²) < 4.78 is 0. The molecule has 0 radical (unpaired) electrons. The highest BCUT2D eigenvalue weighted by molar-refractivity contribution is 5.86. The van der Waals surface area contributed by atoms with Gasteiger partial charge in [0, 0.05) is 0 Å². The minimum absolute atomic E-state index is 0. The second-order valence-electron chi connectivity index (χ2n) is 4.41. The smallest absolute Gasteiger partial charge is 0.317 e. The molecule has 0 atom stereocenters. The fraction of sp³-hybridized carbons (Fsp3) is 0.917. The SMILES string of the molecule is Cl.Cl.Cl.Cl.NCCCNCCCCN(CCCN)CC(=O)O. The van der Waals surface area contributed by atoms with E-state index >= 15 is 0 Å². The molecule has 0 saturated carbocycles. The molecule has 0 rings (SSSR count). The molecule has 0 fully saturated rings. The standard InChI is InChI=1S/C12H28N4O2.4ClH/c13-5-3-8-15-7-1-2-9-16(10-4-6-14)11-12(17)18;;;;/h15H,1-11,13-14H2,(H,17,18);4*1H. The Morgan fingerprint density at radius 2 is 1.36 bits per heavy atom. The molecule has 0 heterocycles. The number of unbranched alkanes of at least 4 members (excludes halogenated alkanes) is 1. The van der Waals surface area contributed by atoms with Gasteiger partial charge in [-0.05, 0) is 65.0 Å². The number of hydrogen-bond donors (Lipinski definition) is 4. The van der Waals surface area contributed by atoms with Gasteiger partial charge in [-0.1, -0.05) is 0 Å². The Kier molecular flexibility index (Phi) is 40.7. The number of carbonyl (C=O) groups is 1. The summed E-state index contributed by atoms with van der Waals surface area (Å²) in [6.45, 7) is 4.96. The average molecular weight is 406 g/mol. The van der Waals surface area contributed by atoms with Gasteiger partial charge in [0.15, 0.2) is 0 Å². The molecule has 0 aliphatic carbocycles. The van der Waals surface area contributed by atoms with Crippen LogP contribution in [0.2, 0.25) is 0 Å². The Labute approximate surface area is 158 Å². The van der Waals surface area contributed by atoms with Crippen molar-refractivity contribution in [1.82, 2.24) is 10.2 Å². The molecule has 0 aromatic carbocycles. The molecule has 0 aliphatic rings. The first-order chi connectivity index (χ1) is 8.70. The van der Waals surface area contributed by atoms with Crippen molar-refractivity contribution in [2.75, 3.05) is 45.8 Å². The van der Waals surface area contributed by atoms with Crippen LogP contribution in [0.5, 0.6) is 0 Å². The Balaban J connectivity index is -0.000000241. The summed E-state index contributed by atoms with van der Waals surface area (Å²) in [5.74, 6) is -0.770. The first-order valence-corrected chi connectivity index (χ1v) is 6.75. The summed E-state index contributed by atoms with van der Waals surface area (Å²) in [4.78, 5) is 12.6. The highest BCUT2D eigenvalue weighted by atomic mass is 35.5. The van der Waals surface area contributed by atoms with Crippen LogP contribution in [0.15, 0.2) is 0 Å². The van der Waals surface area contributed by atoms with E-state index < -0.39 is 5.97 Å². The average Bonchev–Trinajstić information content (AvgIpc) is 2.34. The van der Waals surface area contributed by atoms with E-state index in [2.05, 4.69) is 5.32 Å². The highest BCUT2D eigenvalue weighted by Gasteiger charge is 2.08. The molecule has 0 amide bonds. The topological polar surface area (TPSA) is 105 Å². The fourth-order valence-electron chi connectivity index (χ4n) is 1.71.